The molecule has 0 bridgehead atoms. The number of hydrazine groups is 1. The molecule has 1 fully saturated rings. The SMILES string of the molecule is N#Cc1ccc(OC2CNNC2c2cccc(OCc3ccncc3)c2F)cc1. The molecule has 6 nitrogen and oxygen atoms in total. The van der Waals surface area contributed by atoms with Crippen molar-refractivity contribution in [1.82, 2.24) is 15.8 Å². The van der Waals surface area contributed by atoms with Gasteiger partial charge in [-0.2, -0.15) is 5.26 Å². The largest absolute Gasteiger partial charge is 0.487 e. The van der Waals surface area contributed by atoms with Gasteiger partial charge in [-0.25, -0.2) is 9.82 Å². The van der Waals surface area contributed by atoms with Crippen LogP contribution in [0.25, 0.3) is 0 Å². The Kier molecular flexibility index (Phi) is 5.66. The van der Waals surface area contributed by atoms with E-state index in [1.807, 2.05) is 12.1 Å². The van der Waals surface area contributed by atoms with Gasteiger partial charge in [-0.05, 0) is 48.0 Å². The van der Waals surface area contributed by atoms with E-state index in [0.717, 1.165) is 5.56 Å². The fraction of sp³-hybridized carbons (Fsp3) is 0.182. The van der Waals surface area contributed by atoms with Gasteiger partial charge < -0.3 is 9.47 Å². The van der Waals surface area contributed by atoms with Crippen molar-refractivity contribution < 1.29 is 13.9 Å². The number of nitrogens with one attached hydrogen (secondary N) is 2. The molecule has 29 heavy (non-hydrogen) atoms. The topological polar surface area (TPSA) is 79.2 Å². The van der Waals surface area contributed by atoms with Crippen LogP contribution >= 0.6 is 0 Å². The number of benzene rings is 2. The minimum Gasteiger partial charge on any atom is -0.487 e. The molecule has 4 rings (SSSR count). The molecule has 3 aromatic rings. The first-order chi connectivity index (χ1) is 14.2. The van der Waals surface area contributed by atoms with Gasteiger partial charge in [-0.15, -0.1) is 0 Å². The summed E-state index contributed by atoms with van der Waals surface area (Å²) in [6, 6.07) is 17.3. The van der Waals surface area contributed by atoms with Crippen LogP contribution in [0.4, 0.5) is 4.39 Å². The maximum atomic E-state index is 15.1. The van der Waals surface area contributed by atoms with Gasteiger partial charge in [0.25, 0.3) is 0 Å². The molecule has 0 aliphatic carbocycles. The Morgan fingerprint density at radius 2 is 1.90 bits per heavy atom. The molecule has 1 aliphatic heterocycles. The van der Waals surface area contributed by atoms with E-state index in [2.05, 4.69) is 21.9 Å². The molecule has 0 amide bonds. The van der Waals surface area contributed by atoms with Crippen LogP contribution in [0, 0.1) is 17.1 Å². The van der Waals surface area contributed by atoms with Crippen LogP contribution in [0.5, 0.6) is 11.5 Å². The van der Waals surface area contributed by atoms with Gasteiger partial charge in [-0.3, -0.25) is 10.4 Å². The van der Waals surface area contributed by atoms with Gasteiger partial charge >= 0.3 is 0 Å². The maximum Gasteiger partial charge on any atom is 0.170 e. The second-order valence-electron chi connectivity index (χ2n) is 6.60. The number of rotatable bonds is 6. The van der Waals surface area contributed by atoms with E-state index in [-0.39, 0.29) is 18.5 Å². The first kappa shape index (κ1) is 18.9. The van der Waals surface area contributed by atoms with E-state index in [1.165, 1.54) is 0 Å². The average molecular weight is 390 g/mol. The predicted octanol–water partition coefficient (Wildman–Crippen LogP) is 3.27. The lowest BCUT2D eigenvalue weighted by atomic mass is 10.0. The summed E-state index contributed by atoms with van der Waals surface area (Å²) in [7, 11) is 0. The molecule has 0 spiro atoms. The van der Waals surface area contributed by atoms with Crippen LogP contribution in [0.1, 0.15) is 22.7 Å². The van der Waals surface area contributed by atoms with E-state index >= 15 is 4.39 Å². The number of nitriles is 1. The van der Waals surface area contributed by atoms with Gasteiger partial charge in [0.15, 0.2) is 11.6 Å². The quantitative estimate of drug-likeness (QED) is 0.673. The highest BCUT2D eigenvalue weighted by Gasteiger charge is 2.33. The number of aromatic nitrogens is 1. The Morgan fingerprint density at radius 3 is 2.66 bits per heavy atom. The fourth-order valence-corrected chi connectivity index (χ4v) is 3.17. The fourth-order valence-electron chi connectivity index (χ4n) is 3.17. The lowest BCUT2D eigenvalue weighted by molar-refractivity contribution is 0.194. The Bertz CT molecular complexity index is 1010. The molecule has 146 valence electrons. The van der Waals surface area contributed by atoms with Crippen LogP contribution in [0.15, 0.2) is 67.0 Å². The number of hydrogen-bond donors (Lipinski definition) is 2. The molecule has 2 unspecified atom stereocenters. The molecule has 7 heteroatoms. The Labute approximate surface area is 167 Å². The molecule has 1 saturated heterocycles. The summed E-state index contributed by atoms with van der Waals surface area (Å²) in [4.78, 5) is 3.96. The molecule has 2 heterocycles. The van der Waals surface area contributed by atoms with Crippen molar-refractivity contribution in [2.45, 2.75) is 18.8 Å². The summed E-state index contributed by atoms with van der Waals surface area (Å²) >= 11 is 0. The number of hydrogen-bond acceptors (Lipinski definition) is 6. The number of nitrogens with zero attached hydrogens (tertiary/aromatic N) is 2. The normalized spacial score (nSPS) is 18.2. The van der Waals surface area contributed by atoms with Gasteiger partial charge in [0.2, 0.25) is 0 Å². The predicted molar refractivity (Wildman–Crippen MR) is 104 cm³/mol. The van der Waals surface area contributed by atoms with Crippen molar-refractivity contribution >= 4 is 0 Å². The van der Waals surface area contributed by atoms with Gasteiger partial charge in [0.1, 0.15) is 18.5 Å². The van der Waals surface area contributed by atoms with Crippen molar-refractivity contribution in [2.75, 3.05) is 6.54 Å². The highest BCUT2D eigenvalue weighted by molar-refractivity contribution is 5.36. The molecule has 2 aromatic carbocycles. The summed E-state index contributed by atoms with van der Waals surface area (Å²) in [6.45, 7) is 0.761. The summed E-state index contributed by atoms with van der Waals surface area (Å²) in [6.07, 6.45) is 3.02. The third-order valence-electron chi connectivity index (χ3n) is 4.68. The van der Waals surface area contributed by atoms with Gasteiger partial charge in [-0.1, -0.05) is 12.1 Å². The minimum absolute atomic E-state index is 0.185. The Morgan fingerprint density at radius 1 is 1.10 bits per heavy atom. The van der Waals surface area contributed by atoms with Gasteiger partial charge in [0, 0.05) is 24.5 Å². The lowest BCUT2D eigenvalue weighted by Gasteiger charge is -2.21. The average Bonchev–Trinajstić information content (AvgIpc) is 3.22. The summed E-state index contributed by atoms with van der Waals surface area (Å²) < 4.78 is 26.8. The van der Waals surface area contributed by atoms with Crippen LogP contribution < -0.4 is 20.3 Å². The number of halogens is 1. The molecule has 0 radical (unpaired) electrons. The zero-order chi connectivity index (χ0) is 20.1. The number of ether oxygens (including phenoxy) is 2. The standard InChI is InChI=1S/C22H19FN4O2/c23-21-18(2-1-3-19(21)28-14-16-8-10-25-11-9-16)22-20(13-26-27-22)29-17-6-4-15(12-24)5-7-17/h1-11,20,22,26-27H,13-14H2. The molecule has 2 N–H and O–H groups in total. The zero-order valence-corrected chi connectivity index (χ0v) is 15.5. The monoisotopic (exact) mass is 390 g/mol. The second kappa shape index (κ2) is 8.69. The lowest BCUT2D eigenvalue weighted by Crippen LogP contribution is -2.29. The van der Waals surface area contributed by atoms with E-state index in [0.29, 0.717) is 23.4 Å². The Hall–Kier alpha value is -3.47. The summed E-state index contributed by atoms with van der Waals surface area (Å²) in [5.41, 5.74) is 8.03. The second-order valence-corrected chi connectivity index (χ2v) is 6.60. The molecular formula is C22H19FN4O2. The first-order valence-electron chi connectivity index (χ1n) is 9.20. The highest BCUT2D eigenvalue weighted by atomic mass is 19.1. The first-order valence-corrected chi connectivity index (χ1v) is 9.20. The van der Waals surface area contributed by atoms with Crippen molar-refractivity contribution in [3.05, 3.63) is 89.5 Å². The molecular weight excluding hydrogens is 371 g/mol. The van der Waals surface area contributed by atoms with Crippen LogP contribution in [-0.2, 0) is 6.61 Å². The smallest absolute Gasteiger partial charge is 0.170 e. The molecule has 1 aliphatic rings. The molecule has 1 aromatic heterocycles. The third-order valence-corrected chi connectivity index (χ3v) is 4.68. The Balaban J connectivity index is 1.49. The highest BCUT2D eigenvalue weighted by Crippen LogP contribution is 2.30. The van der Waals surface area contributed by atoms with Crippen molar-refractivity contribution in [1.29, 1.82) is 5.26 Å². The molecule has 2 atom stereocenters. The molecule has 0 saturated carbocycles. The van der Waals surface area contributed by atoms with Gasteiger partial charge in [0.05, 0.1) is 17.7 Å². The van der Waals surface area contributed by atoms with Crippen LogP contribution in [0.3, 0.4) is 0 Å². The van der Waals surface area contributed by atoms with Crippen molar-refractivity contribution in [3.8, 4) is 17.6 Å². The minimum atomic E-state index is -0.420. The maximum absolute atomic E-state index is 15.1. The number of pyridine rings is 1. The summed E-state index contributed by atoms with van der Waals surface area (Å²) in [5.74, 6) is 0.385. The third kappa shape index (κ3) is 4.35. The van der Waals surface area contributed by atoms with Crippen LogP contribution in [-0.4, -0.2) is 17.6 Å². The van der Waals surface area contributed by atoms with Crippen LogP contribution in [0.2, 0.25) is 0 Å². The van der Waals surface area contributed by atoms with E-state index < -0.39 is 11.9 Å². The van der Waals surface area contributed by atoms with Crippen molar-refractivity contribution in [3.63, 3.8) is 0 Å². The summed E-state index contributed by atoms with van der Waals surface area (Å²) in [5, 5.41) is 8.91. The van der Waals surface area contributed by atoms with E-state index in [4.69, 9.17) is 14.7 Å². The van der Waals surface area contributed by atoms with E-state index in [9.17, 15) is 0 Å². The van der Waals surface area contributed by atoms with E-state index in [1.54, 1.807) is 54.9 Å². The zero-order valence-electron chi connectivity index (χ0n) is 15.5. The van der Waals surface area contributed by atoms with Crippen molar-refractivity contribution in [2.24, 2.45) is 0 Å².